The summed E-state index contributed by atoms with van der Waals surface area (Å²) >= 11 is 5.01. The number of methoxy groups -OCH3 is 1. The van der Waals surface area contributed by atoms with Crippen LogP contribution in [0.3, 0.4) is 0 Å². The van der Waals surface area contributed by atoms with E-state index in [4.69, 9.17) is 9.84 Å². The summed E-state index contributed by atoms with van der Waals surface area (Å²) in [6.07, 6.45) is 0. The summed E-state index contributed by atoms with van der Waals surface area (Å²) < 4.78 is 6.28. The normalized spacial score (nSPS) is 10.2. The molecule has 1 aromatic heterocycles. The first-order valence-corrected chi connectivity index (χ1v) is 7.15. The number of nitrogens with one attached hydrogen (secondary N) is 1. The van der Waals surface area contributed by atoms with Gasteiger partial charge in [-0.05, 0) is 51.1 Å². The highest BCUT2D eigenvalue weighted by Crippen LogP contribution is 2.27. The van der Waals surface area contributed by atoms with Gasteiger partial charge >= 0.3 is 5.97 Å². The van der Waals surface area contributed by atoms with Crippen LogP contribution in [-0.2, 0) is 6.54 Å². The van der Waals surface area contributed by atoms with Crippen LogP contribution in [0.4, 0.5) is 5.69 Å². The molecule has 0 aliphatic rings. The molecule has 0 aliphatic heterocycles. The molecule has 0 aliphatic carbocycles. The van der Waals surface area contributed by atoms with Gasteiger partial charge in [-0.1, -0.05) is 0 Å². The van der Waals surface area contributed by atoms with Gasteiger partial charge in [0, 0.05) is 6.54 Å². The van der Waals surface area contributed by atoms with Gasteiger partial charge in [-0.15, -0.1) is 11.3 Å². The number of rotatable bonds is 5. The van der Waals surface area contributed by atoms with Crippen molar-refractivity contribution in [2.24, 2.45) is 0 Å². The number of thiophene rings is 1. The molecule has 2 rings (SSSR count). The lowest BCUT2D eigenvalue weighted by atomic mass is 10.2. The fraction of sp³-hybridized carbons (Fsp3) is 0.154. The average molecular weight is 342 g/mol. The second-order valence-electron chi connectivity index (χ2n) is 3.83. The molecule has 0 bridgehead atoms. The molecule has 0 saturated carbocycles. The van der Waals surface area contributed by atoms with Crippen LogP contribution in [0.5, 0.6) is 5.75 Å². The van der Waals surface area contributed by atoms with Gasteiger partial charge in [-0.3, -0.25) is 0 Å². The lowest BCUT2D eigenvalue weighted by molar-refractivity contribution is 0.0697. The third kappa shape index (κ3) is 3.48. The molecular formula is C13H12BrNO3S. The number of halogens is 1. The summed E-state index contributed by atoms with van der Waals surface area (Å²) in [7, 11) is 1.56. The van der Waals surface area contributed by atoms with Gasteiger partial charge in [0.15, 0.2) is 0 Å². The average Bonchev–Trinajstić information content (AvgIpc) is 2.81. The number of anilines is 1. The Balaban J connectivity index is 2.17. The molecular weight excluding hydrogens is 330 g/mol. The van der Waals surface area contributed by atoms with Gasteiger partial charge in [-0.25, -0.2) is 4.79 Å². The smallest absolute Gasteiger partial charge is 0.335 e. The predicted molar refractivity (Wildman–Crippen MR) is 79.3 cm³/mol. The number of aromatic carboxylic acids is 1. The third-order valence-electron chi connectivity index (χ3n) is 2.55. The van der Waals surface area contributed by atoms with Crippen molar-refractivity contribution < 1.29 is 14.6 Å². The molecule has 1 heterocycles. The number of carbonyl (C=O) groups is 1. The maximum Gasteiger partial charge on any atom is 0.335 e. The first-order chi connectivity index (χ1) is 9.10. The van der Waals surface area contributed by atoms with Crippen LogP contribution in [-0.4, -0.2) is 18.2 Å². The Morgan fingerprint density at radius 3 is 2.84 bits per heavy atom. The highest BCUT2D eigenvalue weighted by atomic mass is 79.9. The van der Waals surface area contributed by atoms with Gasteiger partial charge < -0.3 is 15.2 Å². The standard InChI is InChI=1S/C13H12BrNO3S/c1-18-11-3-2-9(13(16)17)5-10(11)15-6-8-4-12(14)19-7-8/h2-5,7,15H,6H2,1H3,(H,16,17). The van der Waals surface area contributed by atoms with E-state index in [1.807, 2.05) is 11.4 Å². The lowest BCUT2D eigenvalue weighted by Crippen LogP contribution is -2.03. The Morgan fingerprint density at radius 2 is 2.26 bits per heavy atom. The topological polar surface area (TPSA) is 58.6 Å². The molecule has 6 heteroatoms. The zero-order valence-corrected chi connectivity index (χ0v) is 12.5. The van der Waals surface area contributed by atoms with E-state index >= 15 is 0 Å². The summed E-state index contributed by atoms with van der Waals surface area (Å²) in [5.41, 5.74) is 2.03. The van der Waals surface area contributed by atoms with Crippen molar-refractivity contribution in [3.8, 4) is 5.75 Å². The number of ether oxygens (including phenoxy) is 1. The number of carboxylic acid groups (broad SMARTS) is 1. The van der Waals surface area contributed by atoms with Crippen LogP contribution in [0.2, 0.25) is 0 Å². The molecule has 0 amide bonds. The van der Waals surface area contributed by atoms with E-state index in [9.17, 15) is 4.79 Å². The largest absolute Gasteiger partial charge is 0.495 e. The van der Waals surface area contributed by atoms with E-state index in [0.29, 0.717) is 18.0 Å². The predicted octanol–water partition coefficient (Wildman–Crippen LogP) is 3.83. The molecule has 0 saturated heterocycles. The minimum Gasteiger partial charge on any atom is -0.495 e. The summed E-state index contributed by atoms with van der Waals surface area (Å²) in [4.78, 5) is 11.0. The minimum absolute atomic E-state index is 0.231. The highest BCUT2D eigenvalue weighted by Gasteiger charge is 2.09. The van der Waals surface area contributed by atoms with Crippen LogP contribution in [0.25, 0.3) is 0 Å². The van der Waals surface area contributed by atoms with E-state index < -0.39 is 5.97 Å². The number of hydrogen-bond donors (Lipinski definition) is 2. The van der Waals surface area contributed by atoms with Gasteiger partial charge in [0.2, 0.25) is 0 Å². The van der Waals surface area contributed by atoms with Crippen molar-refractivity contribution in [2.45, 2.75) is 6.54 Å². The quantitative estimate of drug-likeness (QED) is 0.867. The second kappa shape index (κ2) is 6.08. The summed E-state index contributed by atoms with van der Waals surface area (Å²) in [6, 6.07) is 6.76. The van der Waals surface area contributed by atoms with Crippen LogP contribution >= 0.6 is 27.3 Å². The van der Waals surface area contributed by atoms with Crippen LogP contribution < -0.4 is 10.1 Å². The molecule has 1 aromatic carbocycles. The molecule has 0 fully saturated rings. The number of carboxylic acids is 1. The Kier molecular flexibility index (Phi) is 4.44. The fourth-order valence-corrected chi connectivity index (χ4v) is 2.82. The van der Waals surface area contributed by atoms with Crippen molar-refractivity contribution in [1.29, 1.82) is 0 Å². The monoisotopic (exact) mass is 341 g/mol. The molecule has 0 spiro atoms. The van der Waals surface area contributed by atoms with E-state index in [1.165, 1.54) is 6.07 Å². The van der Waals surface area contributed by atoms with E-state index in [-0.39, 0.29) is 5.56 Å². The fourth-order valence-electron chi connectivity index (χ4n) is 1.61. The molecule has 2 aromatic rings. The SMILES string of the molecule is COc1ccc(C(=O)O)cc1NCc1csc(Br)c1. The third-order valence-corrected chi connectivity index (χ3v) is 4.10. The maximum absolute atomic E-state index is 11.0. The Morgan fingerprint density at radius 1 is 1.47 bits per heavy atom. The molecule has 4 nitrogen and oxygen atoms in total. The summed E-state index contributed by atoms with van der Waals surface area (Å²) in [5.74, 6) is -0.330. The zero-order chi connectivity index (χ0) is 13.8. The van der Waals surface area contributed by atoms with Gasteiger partial charge in [0.25, 0.3) is 0 Å². The van der Waals surface area contributed by atoms with Crippen molar-refractivity contribution in [2.75, 3.05) is 12.4 Å². The van der Waals surface area contributed by atoms with Crippen molar-refractivity contribution in [3.63, 3.8) is 0 Å². The van der Waals surface area contributed by atoms with Crippen LogP contribution in [0, 0.1) is 0 Å². The first kappa shape index (κ1) is 13.9. The van der Waals surface area contributed by atoms with Crippen molar-refractivity contribution >= 4 is 38.9 Å². The number of hydrogen-bond acceptors (Lipinski definition) is 4. The van der Waals surface area contributed by atoms with E-state index in [2.05, 4.69) is 21.2 Å². The van der Waals surface area contributed by atoms with Crippen LogP contribution in [0.1, 0.15) is 15.9 Å². The van der Waals surface area contributed by atoms with Gasteiger partial charge in [-0.2, -0.15) is 0 Å². The molecule has 19 heavy (non-hydrogen) atoms. The number of benzene rings is 1. The molecule has 0 unspecified atom stereocenters. The first-order valence-electron chi connectivity index (χ1n) is 5.48. The maximum atomic E-state index is 11.0. The summed E-state index contributed by atoms with van der Waals surface area (Å²) in [6.45, 7) is 0.613. The van der Waals surface area contributed by atoms with Crippen molar-refractivity contribution in [3.05, 3.63) is 44.6 Å². The molecule has 0 radical (unpaired) electrons. The van der Waals surface area contributed by atoms with Gasteiger partial charge in [0.1, 0.15) is 5.75 Å². The summed E-state index contributed by atoms with van der Waals surface area (Å²) in [5, 5.41) is 14.2. The second-order valence-corrected chi connectivity index (χ2v) is 6.12. The van der Waals surface area contributed by atoms with Crippen molar-refractivity contribution in [1.82, 2.24) is 0 Å². The zero-order valence-electron chi connectivity index (χ0n) is 10.1. The van der Waals surface area contributed by atoms with Gasteiger partial charge in [0.05, 0.1) is 22.1 Å². The molecule has 0 atom stereocenters. The minimum atomic E-state index is -0.955. The molecule has 2 N–H and O–H groups in total. The Labute approximate surface area is 123 Å². The highest BCUT2D eigenvalue weighted by molar-refractivity contribution is 9.11. The Bertz CT molecular complexity index is 597. The van der Waals surface area contributed by atoms with E-state index in [0.717, 1.165) is 9.35 Å². The van der Waals surface area contributed by atoms with Crippen LogP contribution in [0.15, 0.2) is 33.4 Å². The van der Waals surface area contributed by atoms with E-state index in [1.54, 1.807) is 30.6 Å². The Hall–Kier alpha value is -1.53. The molecule has 100 valence electrons. The lowest BCUT2D eigenvalue weighted by Gasteiger charge is -2.11.